The first kappa shape index (κ1) is 21.6. The fraction of sp³-hybridized carbons (Fsp3) is 0.136. The van der Waals surface area contributed by atoms with E-state index >= 15 is 0 Å². The lowest BCUT2D eigenvalue weighted by Gasteiger charge is -2.11. The fourth-order valence-corrected chi connectivity index (χ4v) is 5.08. The number of carbonyl (C=O) groups excluding carboxylic acids is 1. The molecule has 4 rings (SSSR count). The second-order valence-electron chi connectivity index (χ2n) is 6.42. The van der Waals surface area contributed by atoms with E-state index in [4.69, 9.17) is 9.47 Å². The summed E-state index contributed by atoms with van der Waals surface area (Å²) in [7, 11) is 3.14. The highest BCUT2D eigenvalue weighted by Crippen LogP contribution is 2.38. The molecule has 31 heavy (non-hydrogen) atoms. The number of benzene rings is 2. The van der Waals surface area contributed by atoms with Crippen LogP contribution in [0.4, 0.5) is 5.69 Å². The number of halogens is 1. The average Bonchev–Trinajstić information content (AvgIpc) is 3.23. The predicted molar refractivity (Wildman–Crippen MR) is 129 cm³/mol. The largest absolute Gasteiger partial charge is 0.497 e. The maximum atomic E-state index is 12.6. The summed E-state index contributed by atoms with van der Waals surface area (Å²) in [6.07, 6.45) is 1.54. The molecule has 0 fully saturated rings. The number of fused-ring (bicyclic) bond motifs is 1. The molecule has 0 unspecified atom stereocenters. The minimum atomic E-state index is -0.152. The van der Waals surface area contributed by atoms with Crippen molar-refractivity contribution in [2.24, 2.45) is 0 Å². The predicted octanol–water partition coefficient (Wildman–Crippen LogP) is 5.87. The second-order valence-corrected chi connectivity index (χ2v) is 9.16. The molecule has 1 N–H and O–H groups in total. The van der Waals surface area contributed by atoms with Crippen LogP contribution in [0.1, 0.15) is 0 Å². The fourth-order valence-electron chi connectivity index (χ4n) is 3.02. The summed E-state index contributed by atoms with van der Waals surface area (Å²) < 4.78 is 11.6. The molecule has 0 aliphatic carbocycles. The molecule has 1 amide bonds. The van der Waals surface area contributed by atoms with Crippen molar-refractivity contribution in [2.45, 2.75) is 5.03 Å². The number of rotatable bonds is 7. The number of hydrogen-bond acceptors (Lipinski definition) is 7. The summed E-state index contributed by atoms with van der Waals surface area (Å²) in [6, 6.07) is 13.4. The molecule has 0 saturated carbocycles. The first-order chi connectivity index (χ1) is 15.1. The van der Waals surface area contributed by atoms with Gasteiger partial charge in [0.15, 0.2) is 0 Å². The third-order valence-electron chi connectivity index (χ3n) is 4.51. The van der Waals surface area contributed by atoms with Crippen molar-refractivity contribution in [1.29, 1.82) is 0 Å². The van der Waals surface area contributed by atoms with Gasteiger partial charge >= 0.3 is 0 Å². The summed E-state index contributed by atoms with van der Waals surface area (Å²) in [5.74, 6) is 1.25. The Morgan fingerprint density at radius 1 is 1.13 bits per heavy atom. The first-order valence-corrected chi connectivity index (χ1v) is 11.9. The zero-order valence-electron chi connectivity index (χ0n) is 16.7. The molecule has 4 aromatic rings. The van der Waals surface area contributed by atoms with Crippen LogP contribution in [0.2, 0.25) is 0 Å². The van der Waals surface area contributed by atoms with E-state index in [-0.39, 0.29) is 11.7 Å². The highest BCUT2D eigenvalue weighted by atomic mass is 79.9. The molecule has 0 aliphatic heterocycles. The standard InChI is InChI=1S/C22H18BrN3O3S2/c1-28-15-7-8-17(18(9-15)29-2)26-19(27)11-31-22-20-16(10-30-21(20)24-12-25-22)13-3-5-14(23)6-4-13/h3-10,12H,11H2,1-2H3,(H,26,27). The number of amides is 1. The van der Waals surface area contributed by atoms with Gasteiger partial charge in [-0.05, 0) is 29.8 Å². The molecule has 0 saturated heterocycles. The summed E-state index contributed by atoms with van der Waals surface area (Å²) in [5, 5.41) is 6.72. The Balaban J connectivity index is 1.53. The molecular weight excluding hydrogens is 498 g/mol. The van der Waals surface area contributed by atoms with Crippen LogP contribution in [0.3, 0.4) is 0 Å². The zero-order valence-corrected chi connectivity index (χ0v) is 19.9. The minimum absolute atomic E-state index is 0.152. The number of aromatic nitrogens is 2. The molecule has 0 spiro atoms. The Morgan fingerprint density at radius 2 is 1.94 bits per heavy atom. The number of hydrogen-bond donors (Lipinski definition) is 1. The van der Waals surface area contributed by atoms with Crippen LogP contribution in [-0.2, 0) is 4.79 Å². The third kappa shape index (κ3) is 4.84. The van der Waals surface area contributed by atoms with Gasteiger partial charge in [0.1, 0.15) is 27.7 Å². The topological polar surface area (TPSA) is 73.3 Å². The SMILES string of the molecule is COc1ccc(NC(=O)CSc2ncnc3scc(-c4ccc(Br)cc4)c23)c(OC)c1. The van der Waals surface area contributed by atoms with Crippen molar-refractivity contribution in [3.05, 3.63) is 58.6 Å². The van der Waals surface area contributed by atoms with Crippen LogP contribution in [0, 0.1) is 0 Å². The number of thiophene rings is 1. The number of carbonyl (C=O) groups is 1. The number of methoxy groups -OCH3 is 2. The van der Waals surface area contributed by atoms with Gasteiger partial charge in [0.2, 0.25) is 5.91 Å². The molecule has 0 atom stereocenters. The zero-order chi connectivity index (χ0) is 21.8. The minimum Gasteiger partial charge on any atom is -0.497 e. The second kappa shape index (κ2) is 9.67. The van der Waals surface area contributed by atoms with Gasteiger partial charge in [-0.15, -0.1) is 11.3 Å². The first-order valence-electron chi connectivity index (χ1n) is 9.22. The molecule has 9 heteroatoms. The quantitative estimate of drug-likeness (QED) is 0.245. The van der Waals surface area contributed by atoms with E-state index in [9.17, 15) is 4.79 Å². The molecule has 2 aromatic carbocycles. The van der Waals surface area contributed by atoms with Crippen LogP contribution in [0.25, 0.3) is 21.3 Å². The van der Waals surface area contributed by atoms with Gasteiger partial charge < -0.3 is 14.8 Å². The molecular formula is C22H18BrN3O3S2. The smallest absolute Gasteiger partial charge is 0.234 e. The molecule has 0 radical (unpaired) electrons. The van der Waals surface area contributed by atoms with Crippen molar-refractivity contribution in [3.8, 4) is 22.6 Å². The lowest BCUT2D eigenvalue weighted by Crippen LogP contribution is -2.14. The normalized spacial score (nSPS) is 10.8. The monoisotopic (exact) mass is 515 g/mol. The van der Waals surface area contributed by atoms with Gasteiger partial charge in [-0.3, -0.25) is 4.79 Å². The maximum Gasteiger partial charge on any atom is 0.234 e. The van der Waals surface area contributed by atoms with E-state index < -0.39 is 0 Å². The number of ether oxygens (including phenoxy) is 2. The number of anilines is 1. The van der Waals surface area contributed by atoms with Crippen molar-refractivity contribution in [1.82, 2.24) is 9.97 Å². The van der Waals surface area contributed by atoms with Gasteiger partial charge in [0.25, 0.3) is 0 Å². The maximum absolute atomic E-state index is 12.6. The lowest BCUT2D eigenvalue weighted by molar-refractivity contribution is -0.113. The van der Waals surface area contributed by atoms with Crippen molar-refractivity contribution < 1.29 is 14.3 Å². The highest BCUT2D eigenvalue weighted by Gasteiger charge is 2.16. The van der Waals surface area contributed by atoms with Crippen LogP contribution in [0.5, 0.6) is 11.5 Å². The van der Waals surface area contributed by atoms with Crippen molar-refractivity contribution in [2.75, 3.05) is 25.3 Å². The third-order valence-corrected chi connectivity index (χ3v) is 6.92. The number of nitrogens with one attached hydrogen (secondary N) is 1. The Labute approximate surface area is 196 Å². The molecule has 2 aromatic heterocycles. The highest BCUT2D eigenvalue weighted by molar-refractivity contribution is 9.10. The van der Waals surface area contributed by atoms with E-state index in [1.54, 1.807) is 43.8 Å². The van der Waals surface area contributed by atoms with E-state index in [1.165, 1.54) is 18.1 Å². The van der Waals surface area contributed by atoms with E-state index in [2.05, 4.69) is 48.7 Å². The molecule has 2 heterocycles. The molecule has 0 bridgehead atoms. The number of nitrogens with zero attached hydrogens (tertiary/aromatic N) is 2. The van der Waals surface area contributed by atoms with Crippen LogP contribution < -0.4 is 14.8 Å². The van der Waals surface area contributed by atoms with Crippen LogP contribution in [-0.4, -0.2) is 35.8 Å². The Kier molecular flexibility index (Phi) is 6.74. The van der Waals surface area contributed by atoms with Crippen LogP contribution in [0.15, 0.2) is 63.7 Å². The summed E-state index contributed by atoms with van der Waals surface area (Å²) >= 11 is 6.42. The van der Waals surface area contributed by atoms with E-state index in [0.717, 1.165) is 30.8 Å². The van der Waals surface area contributed by atoms with Crippen LogP contribution >= 0.6 is 39.0 Å². The summed E-state index contributed by atoms with van der Waals surface area (Å²) in [4.78, 5) is 22.3. The van der Waals surface area contributed by atoms with E-state index in [1.807, 2.05) is 12.1 Å². The van der Waals surface area contributed by atoms with Crippen molar-refractivity contribution in [3.63, 3.8) is 0 Å². The van der Waals surface area contributed by atoms with Gasteiger partial charge in [0.05, 0.1) is 31.0 Å². The Morgan fingerprint density at radius 3 is 2.68 bits per heavy atom. The van der Waals surface area contributed by atoms with E-state index in [0.29, 0.717) is 17.2 Å². The Hall–Kier alpha value is -2.62. The molecule has 0 aliphatic rings. The van der Waals surface area contributed by atoms with Gasteiger partial charge in [-0.25, -0.2) is 9.97 Å². The molecule has 6 nitrogen and oxygen atoms in total. The van der Waals surface area contributed by atoms with Crippen molar-refractivity contribution >= 4 is 60.8 Å². The Bertz CT molecular complexity index is 1230. The summed E-state index contributed by atoms with van der Waals surface area (Å²) in [6.45, 7) is 0. The lowest BCUT2D eigenvalue weighted by atomic mass is 10.1. The molecule has 158 valence electrons. The van der Waals surface area contributed by atoms with Gasteiger partial charge in [0, 0.05) is 21.5 Å². The van der Waals surface area contributed by atoms with Gasteiger partial charge in [-0.1, -0.05) is 39.8 Å². The van der Waals surface area contributed by atoms with Gasteiger partial charge in [-0.2, -0.15) is 0 Å². The summed E-state index contributed by atoms with van der Waals surface area (Å²) in [5.41, 5.74) is 2.74. The number of thioether (sulfide) groups is 1. The average molecular weight is 516 g/mol.